The van der Waals surface area contributed by atoms with Crippen molar-refractivity contribution >= 4 is 38.0 Å². The molecule has 0 fully saturated rings. The van der Waals surface area contributed by atoms with Crippen LogP contribution >= 0.6 is 0 Å². The van der Waals surface area contributed by atoms with Crippen LogP contribution in [0.5, 0.6) is 0 Å². The topological polar surface area (TPSA) is 26.0 Å². The average Bonchev–Trinajstić information content (AvgIpc) is 2.82. The molecule has 2 N–H and O–H groups in total. The Kier molecular flexibility index (Phi) is 4.00. The van der Waals surface area contributed by atoms with Gasteiger partial charge in [-0.1, -0.05) is 91.0 Å². The van der Waals surface area contributed by atoms with Gasteiger partial charge in [-0.3, -0.25) is 0 Å². The predicted octanol–water partition coefficient (Wildman–Crippen LogP) is 8.06. The van der Waals surface area contributed by atoms with Crippen molar-refractivity contribution in [3.05, 3.63) is 115 Å². The minimum absolute atomic E-state index is 0.800. The third-order valence-electron chi connectivity index (χ3n) is 6.17. The third-order valence-corrected chi connectivity index (χ3v) is 6.17. The Morgan fingerprint density at radius 1 is 0.419 bits per heavy atom. The minimum Gasteiger partial charge on any atom is -0.398 e. The van der Waals surface area contributed by atoms with Gasteiger partial charge in [-0.25, -0.2) is 0 Å². The molecule has 0 saturated heterocycles. The van der Waals surface area contributed by atoms with E-state index in [2.05, 4.69) is 97.1 Å². The molecule has 1 nitrogen and oxygen atoms in total. The summed E-state index contributed by atoms with van der Waals surface area (Å²) in [6.07, 6.45) is 0. The summed E-state index contributed by atoms with van der Waals surface area (Å²) < 4.78 is 0. The molecular formula is C30H21N. The van der Waals surface area contributed by atoms with Crippen molar-refractivity contribution in [2.24, 2.45) is 0 Å². The van der Waals surface area contributed by atoms with Gasteiger partial charge in [0.05, 0.1) is 0 Å². The maximum atomic E-state index is 6.26. The zero-order valence-electron chi connectivity index (χ0n) is 17.0. The number of anilines is 1. The molecule has 0 unspecified atom stereocenters. The van der Waals surface area contributed by atoms with Crippen LogP contribution in [-0.4, -0.2) is 0 Å². The number of nitrogens with two attached hydrogens (primary N) is 1. The van der Waals surface area contributed by atoms with E-state index in [1.807, 2.05) is 18.2 Å². The van der Waals surface area contributed by atoms with E-state index in [0.717, 1.165) is 16.8 Å². The normalized spacial score (nSPS) is 11.4. The molecule has 0 aliphatic heterocycles. The molecule has 146 valence electrons. The number of hydrogen-bond acceptors (Lipinski definition) is 1. The Balaban J connectivity index is 1.65. The number of hydrogen-bond donors (Lipinski definition) is 1. The highest BCUT2D eigenvalue weighted by molar-refractivity contribution is 6.17. The van der Waals surface area contributed by atoms with Crippen LogP contribution in [0.4, 0.5) is 5.69 Å². The summed E-state index contributed by atoms with van der Waals surface area (Å²) in [6.45, 7) is 0. The van der Waals surface area contributed by atoms with E-state index in [1.165, 1.54) is 43.4 Å². The van der Waals surface area contributed by atoms with Gasteiger partial charge in [-0.05, 0) is 73.3 Å². The van der Waals surface area contributed by atoms with Gasteiger partial charge in [0.2, 0.25) is 0 Å². The first-order valence-electron chi connectivity index (χ1n) is 10.6. The zero-order chi connectivity index (χ0) is 20.8. The van der Waals surface area contributed by atoms with Crippen LogP contribution in [0.3, 0.4) is 0 Å². The van der Waals surface area contributed by atoms with Gasteiger partial charge < -0.3 is 5.73 Å². The molecule has 0 aliphatic carbocycles. The van der Waals surface area contributed by atoms with Crippen molar-refractivity contribution in [3.8, 4) is 22.3 Å². The van der Waals surface area contributed by atoms with Gasteiger partial charge in [-0.15, -0.1) is 0 Å². The van der Waals surface area contributed by atoms with Crippen LogP contribution in [0.1, 0.15) is 0 Å². The number of para-hydroxylation sites is 1. The van der Waals surface area contributed by atoms with Crippen molar-refractivity contribution in [3.63, 3.8) is 0 Å². The van der Waals surface area contributed by atoms with Crippen molar-refractivity contribution in [1.29, 1.82) is 0 Å². The molecule has 0 saturated carbocycles. The summed E-state index contributed by atoms with van der Waals surface area (Å²) in [6, 6.07) is 41.0. The highest BCUT2D eigenvalue weighted by Crippen LogP contribution is 2.37. The van der Waals surface area contributed by atoms with Gasteiger partial charge in [-0.2, -0.15) is 0 Å². The minimum atomic E-state index is 0.800. The molecule has 1 heteroatoms. The molecule has 6 rings (SSSR count). The zero-order valence-corrected chi connectivity index (χ0v) is 17.0. The highest BCUT2D eigenvalue weighted by Gasteiger charge is 2.10. The molecular weight excluding hydrogens is 374 g/mol. The van der Waals surface area contributed by atoms with Gasteiger partial charge >= 0.3 is 0 Å². The molecule has 0 amide bonds. The van der Waals surface area contributed by atoms with Crippen LogP contribution in [0.15, 0.2) is 115 Å². The fourth-order valence-corrected chi connectivity index (χ4v) is 4.66. The lowest BCUT2D eigenvalue weighted by molar-refractivity contribution is 1.60. The van der Waals surface area contributed by atoms with E-state index < -0.39 is 0 Å². The van der Waals surface area contributed by atoms with E-state index in [0.29, 0.717) is 0 Å². The Morgan fingerprint density at radius 3 is 1.87 bits per heavy atom. The van der Waals surface area contributed by atoms with E-state index in [4.69, 9.17) is 5.73 Å². The van der Waals surface area contributed by atoms with Crippen LogP contribution in [-0.2, 0) is 0 Å². The summed E-state index contributed by atoms with van der Waals surface area (Å²) in [5, 5.41) is 7.64. The van der Waals surface area contributed by atoms with Gasteiger partial charge in [0.1, 0.15) is 0 Å². The summed E-state index contributed by atoms with van der Waals surface area (Å²) in [5.74, 6) is 0. The van der Waals surface area contributed by atoms with Crippen LogP contribution in [0.25, 0.3) is 54.6 Å². The first kappa shape index (κ1) is 17.7. The average molecular weight is 396 g/mol. The van der Waals surface area contributed by atoms with Gasteiger partial charge in [0, 0.05) is 11.3 Å². The number of benzene rings is 6. The van der Waals surface area contributed by atoms with Crippen LogP contribution < -0.4 is 5.73 Å². The summed E-state index contributed by atoms with van der Waals surface area (Å²) in [7, 11) is 0. The Labute approximate surface area is 181 Å². The van der Waals surface area contributed by atoms with E-state index in [-0.39, 0.29) is 0 Å². The molecule has 0 radical (unpaired) electrons. The monoisotopic (exact) mass is 395 g/mol. The second-order valence-corrected chi connectivity index (χ2v) is 8.06. The molecule has 0 aliphatic rings. The number of rotatable bonds is 2. The number of nitrogen functional groups attached to an aromatic ring is 1. The SMILES string of the molecule is Nc1ccccc1-c1cccc(-c2cccc3ccc4cc5ccccc5cc4c23)c1. The maximum absolute atomic E-state index is 6.26. The lowest BCUT2D eigenvalue weighted by atomic mass is 9.91. The summed E-state index contributed by atoms with van der Waals surface area (Å²) in [4.78, 5) is 0. The highest BCUT2D eigenvalue weighted by atomic mass is 14.6. The fourth-order valence-electron chi connectivity index (χ4n) is 4.66. The van der Waals surface area contributed by atoms with E-state index in [1.54, 1.807) is 0 Å². The number of fused-ring (bicyclic) bond motifs is 4. The Hall–Kier alpha value is -4.10. The fraction of sp³-hybridized carbons (Fsp3) is 0. The molecule has 6 aromatic carbocycles. The molecule has 0 atom stereocenters. The molecule has 0 spiro atoms. The van der Waals surface area contributed by atoms with Crippen LogP contribution in [0, 0.1) is 0 Å². The van der Waals surface area contributed by atoms with Gasteiger partial charge in [0.15, 0.2) is 0 Å². The lowest BCUT2D eigenvalue weighted by Gasteiger charge is -2.13. The molecule has 0 heterocycles. The lowest BCUT2D eigenvalue weighted by Crippen LogP contribution is -1.90. The Morgan fingerprint density at radius 2 is 1.03 bits per heavy atom. The van der Waals surface area contributed by atoms with Crippen molar-refractivity contribution in [1.82, 2.24) is 0 Å². The predicted molar refractivity (Wildman–Crippen MR) is 134 cm³/mol. The second-order valence-electron chi connectivity index (χ2n) is 8.06. The van der Waals surface area contributed by atoms with Crippen molar-refractivity contribution in [2.75, 3.05) is 5.73 Å². The van der Waals surface area contributed by atoms with Gasteiger partial charge in [0.25, 0.3) is 0 Å². The summed E-state index contributed by atoms with van der Waals surface area (Å²) in [5.41, 5.74) is 11.7. The van der Waals surface area contributed by atoms with Crippen molar-refractivity contribution in [2.45, 2.75) is 0 Å². The first-order chi connectivity index (χ1) is 15.3. The summed E-state index contributed by atoms with van der Waals surface area (Å²) >= 11 is 0. The quantitative estimate of drug-likeness (QED) is 0.179. The standard InChI is InChI=1S/C30H21N/c31-29-14-4-3-12-26(29)23-10-5-11-24(18-23)27-13-6-9-20-15-16-25-17-21-7-1-2-8-22(21)19-28(25)30(20)27/h1-19H,31H2. The Bertz CT molecular complexity index is 1590. The molecule has 31 heavy (non-hydrogen) atoms. The molecule has 0 bridgehead atoms. The third kappa shape index (κ3) is 2.94. The molecule has 6 aromatic rings. The molecule has 0 aromatic heterocycles. The first-order valence-corrected chi connectivity index (χ1v) is 10.6. The van der Waals surface area contributed by atoms with E-state index >= 15 is 0 Å². The largest absolute Gasteiger partial charge is 0.398 e. The van der Waals surface area contributed by atoms with E-state index in [9.17, 15) is 0 Å². The maximum Gasteiger partial charge on any atom is 0.0393 e. The smallest absolute Gasteiger partial charge is 0.0393 e. The van der Waals surface area contributed by atoms with Crippen molar-refractivity contribution < 1.29 is 0 Å². The second kappa shape index (κ2) is 7.00. The van der Waals surface area contributed by atoms with Crippen LogP contribution in [0.2, 0.25) is 0 Å².